The van der Waals surface area contributed by atoms with Crippen molar-refractivity contribution in [1.82, 2.24) is 9.29 Å². The fraction of sp³-hybridized carbons (Fsp3) is 0.500. The summed E-state index contributed by atoms with van der Waals surface area (Å²) in [7, 11) is -3.34. The Bertz CT molecular complexity index is 590. The van der Waals surface area contributed by atoms with Crippen molar-refractivity contribution >= 4 is 21.6 Å². The number of carbonyl (C=O) groups is 1. The molecule has 7 nitrogen and oxygen atoms in total. The molecule has 1 aliphatic rings. The van der Waals surface area contributed by atoms with Crippen LogP contribution in [0.25, 0.3) is 0 Å². The lowest BCUT2D eigenvalue weighted by Gasteiger charge is -2.37. The van der Waals surface area contributed by atoms with E-state index in [1.807, 2.05) is 0 Å². The first-order valence-electron chi connectivity index (χ1n) is 6.12. The summed E-state index contributed by atoms with van der Waals surface area (Å²) >= 11 is 0. The quantitative estimate of drug-likeness (QED) is 0.853. The minimum absolute atomic E-state index is 0.00205. The van der Waals surface area contributed by atoms with Gasteiger partial charge in [0.2, 0.25) is 10.0 Å². The van der Waals surface area contributed by atoms with Crippen molar-refractivity contribution in [3.05, 3.63) is 24.5 Å². The van der Waals surface area contributed by atoms with Crippen LogP contribution < -0.4 is 5.32 Å². The normalized spacial score (nSPS) is 24.3. The van der Waals surface area contributed by atoms with Gasteiger partial charge in [0.1, 0.15) is 0 Å². The Morgan fingerprint density at radius 3 is 2.90 bits per heavy atom. The van der Waals surface area contributed by atoms with Gasteiger partial charge < -0.3 is 10.1 Å². The van der Waals surface area contributed by atoms with E-state index in [-0.39, 0.29) is 25.6 Å². The molecule has 0 bridgehead atoms. The third-order valence-electron chi connectivity index (χ3n) is 3.11. The summed E-state index contributed by atoms with van der Waals surface area (Å²) in [5.41, 5.74) is -0.671. The number of pyridine rings is 1. The van der Waals surface area contributed by atoms with Gasteiger partial charge in [-0.1, -0.05) is 0 Å². The lowest BCUT2D eigenvalue weighted by Crippen LogP contribution is -2.57. The van der Waals surface area contributed by atoms with Gasteiger partial charge >= 0.3 is 0 Å². The van der Waals surface area contributed by atoms with E-state index >= 15 is 0 Å². The first-order chi connectivity index (χ1) is 9.31. The summed E-state index contributed by atoms with van der Waals surface area (Å²) in [6, 6.07) is 3.40. The van der Waals surface area contributed by atoms with Gasteiger partial charge in [-0.2, -0.15) is 4.31 Å². The summed E-state index contributed by atoms with van der Waals surface area (Å²) < 4.78 is 29.9. The molecular weight excluding hydrogens is 282 g/mol. The zero-order valence-electron chi connectivity index (χ0n) is 11.4. The van der Waals surface area contributed by atoms with Crippen molar-refractivity contribution in [1.29, 1.82) is 0 Å². The molecule has 0 aromatic carbocycles. The zero-order chi connectivity index (χ0) is 14.8. The van der Waals surface area contributed by atoms with Gasteiger partial charge in [-0.05, 0) is 19.1 Å². The highest BCUT2D eigenvalue weighted by Crippen LogP contribution is 2.21. The molecule has 0 aliphatic carbocycles. The van der Waals surface area contributed by atoms with Crippen LogP contribution in [0.1, 0.15) is 6.92 Å². The van der Waals surface area contributed by atoms with Crippen LogP contribution >= 0.6 is 0 Å². The van der Waals surface area contributed by atoms with Crippen LogP contribution in [0.3, 0.4) is 0 Å². The van der Waals surface area contributed by atoms with Crippen LogP contribution in [0.4, 0.5) is 5.69 Å². The second-order valence-electron chi connectivity index (χ2n) is 4.87. The highest BCUT2D eigenvalue weighted by Gasteiger charge is 2.41. The Kier molecular flexibility index (Phi) is 4.07. The Hall–Kier alpha value is -1.51. The lowest BCUT2D eigenvalue weighted by molar-refractivity contribution is -0.146. The molecule has 1 amide bonds. The van der Waals surface area contributed by atoms with Gasteiger partial charge in [-0.3, -0.25) is 9.78 Å². The lowest BCUT2D eigenvalue weighted by atomic mass is 10.0. The summed E-state index contributed by atoms with van der Waals surface area (Å²) in [4.78, 5) is 16.2. The minimum atomic E-state index is -3.34. The first kappa shape index (κ1) is 14.9. The zero-order valence-corrected chi connectivity index (χ0v) is 12.2. The Morgan fingerprint density at radius 1 is 1.55 bits per heavy atom. The molecule has 8 heteroatoms. The van der Waals surface area contributed by atoms with Gasteiger partial charge in [-0.25, -0.2) is 8.42 Å². The molecule has 1 atom stereocenters. The summed E-state index contributed by atoms with van der Waals surface area (Å²) in [5, 5.41) is 2.68. The molecule has 0 unspecified atom stereocenters. The first-order valence-corrected chi connectivity index (χ1v) is 7.97. The number of carbonyl (C=O) groups excluding carboxylic acids is 1. The second-order valence-corrected chi connectivity index (χ2v) is 6.85. The fourth-order valence-electron chi connectivity index (χ4n) is 1.95. The van der Waals surface area contributed by atoms with E-state index in [2.05, 4.69) is 10.3 Å². The van der Waals surface area contributed by atoms with Crippen LogP contribution in [0, 0.1) is 0 Å². The average Bonchev–Trinajstić information content (AvgIpc) is 2.39. The number of rotatable bonds is 3. The molecule has 2 heterocycles. The molecule has 0 radical (unpaired) electrons. The predicted octanol–water partition coefficient (Wildman–Crippen LogP) is 0.0706. The highest BCUT2D eigenvalue weighted by molar-refractivity contribution is 7.88. The largest absolute Gasteiger partial charge is 0.363 e. The molecule has 0 spiro atoms. The van der Waals surface area contributed by atoms with E-state index in [4.69, 9.17) is 4.74 Å². The maximum Gasteiger partial charge on any atom is 0.257 e. The highest BCUT2D eigenvalue weighted by atomic mass is 32.2. The van der Waals surface area contributed by atoms with E-state index < -0.39 is 15.6 Å². The number of anilines is 1. The van der Waals surface area contributed by atoms with Gasteiger partial charge in [0.25, 0.3) is 5.91 Å². The van der Waals surface area contributed by atoms with Crippen molar-refractivity contribution in [2.75, 3.05) is 31.3 Å². The summed E-state index contributed by atoms with van der Waals surface area (Å²) in [5.74, 6) is -0.390. The molecule has 110 valence electrons. The van der Waals surface area contributed by atoms with Gasteiger partial charge in [0.15, 0.2) is 5.60 Å². The second kappa shape index (κ2) is 5.47. The smallest absolute Gasteiger partial charge is 0.257 e. The van der Waals surface area contributed by atoms with Crippen LogP contribution in [-0.2, 0) is 19.6 Å². The minimum Gasteiger partial charge on any atom is -0.363 e. The number of aromatic nitrogens is 1. The van der Waals surface area contributed by atoms with Gasteiger partial charge in [0, 0.05) is 12.7 Å². The number of ether oxygens (including phenoxy) is 1. The van der Waals surface area contributed by atoms with Crippen molar-refractivity contribution in [3.8, 4) is 0 Å². The molecule has 2 rings (SSSR count). The molecule has 1 saturated heterocycles. The van der Waals surface area contributed by atoms with E-state index in [9.17, 15) is 13.2 Å². The van der Waals surface area contributed by atoms with E-state index in [1.54, 1.807) is 25.3 Å². The third kappa shape index (κ3) is 3.33. The average molecular weight is 299 g/mol. The molecular formula is C12H17N3O4S. The van der Waals surface area contributed by atoms with Crippen LogP contribution in [0.5, 0.6) is 0 Å². The molecule has 1 aliphatic heterocycles. The number of hydrogen-bond donors (Lipinski definition) is 1. The van der Waals surface area contributed by atoms with E-state index in [0.717, 1.165) is 6.26 Å². The molecule has 0 saturated carbocycles. The van der Waals surface area contributed by atoms with Gasteiger partial charge in [0.05, 0.1) is 31.3 Å². The maximum atomic E-state index is 12.3. The van der Waals surface area contributed by atoms with Crippen LogP contribution in [0.15, 0.2) is 24.5 Å². The molecule has 1 fully saturated rings. The Morgan fingerprint density at radius 2 is 2.30 bits per heavy atom. The molecule has 1 N–H and O–H groups in total. The van der Waals surface area contributed by atoms with Crippen LogP contribution in [0.2, 0.25) is 0 Å². The van der Waals surface area contributed by atoms with Crippen molar-refractivity contribution < 1.29 is 17.9 Å². The number of hydrogen-bond acceptors (Lipinski definition) is 5. The number of amides is 1. The predicted molar refractivity (Wildman–Crippen MR) is 73.6 cm³/mol. The van der Waals surface area contributed by atoms with Gasteiger partial charge in [-0.15, -0.1) is 0 Å². The Labute approximate surface area is 118 Å². The summed E-state index contributed by atoms with van der Waals surface area (Å²) in [6.45, 7) is 2.02. The van der Waals surface area contributed by atoms with Crippen molar-refractivity contribution in [2.24, 2.45) is 0 Å². The van der Waals surface area contributed by atoms with E-state index in [1.165, 1.54) is 10.5 Å². The maximum absolute atomic E-state index is 12.3. The van der Waals surface area contributed by atoms with E-state index in [0.29, 0.717) is 5.69 Å². The number of nitrogens with one attached hydrogen (secondary N) is 1. The standard InChI is InChI=1S/C12H17N3O4S/c1-12(9-15(6-7-19-12)20(2,17)18)11(16)14-10-4-3-5-13-8-10/h3-5,8H,6-7,9H2,1-2H3,(H,14,16)/t12-/m0/s1. The molecule has 1 aromatic heterocycles. The molecule has 1 aromatic rings. The third-order valence-corrected chi connectivity index (χ3v) is 4.36. The number of sulfonamides is 1. The Balaban J connectivity index is 2.12. The number of morpholine rings is 1. The van der Waals surface area contributed by atoms with Crippen molar-refractivity contribution in [3.63, 3.8) is 0 Å². The van der Waals surface area contributed by atoms with Crippen molar-refractivity contribution in [2.45, 2.75) is 12.5 Å². The fourth-order valence-corrected chi connectivity index (χ4v) is 2.84. The number of nitrogens with zero attached hydrogens (tertiary/aromatic N) is 2. The summed E-state index contributed by atoms with van der Waals surface area (Å²) in [6.07, 6.45) is 4.23. The monoisotopic (exact) mass is 299 g/mol. The molecule has 20 heavy (non-hydrogen) atoms. The topological polar surface area (TPSA) is 88.6 Å². The SMILES string of the molecule is C[C@@]1(C(=O)Nc2cccnc2)CN(S(C)(=O)=O)CCO1. The van der Waals surface area contributed by atoms with Crippen LogP contribution in [-0.4, -0.2) is 55.2 Å².